The molecule has 0 aliphatic rings. The number of anilines is 3. The van der Waals surface area contributed by atoms with Crippen LogP contribution in [0.15, 0.2) is 70.4 Å². The van der Waals surface area contributed by atoms with Crippen molar-refractivity contribution in [3.63, 3.8) is 0 Å². The van der Waals surface area contributed by atoms with Gasteiger partial charge in [-0.2, -0.15) is 0 Å². The number of nitrogens with zero attached hydrogens (tertiary/aromatic N) is 3. The molecular formula is C24H21ClFN5O6S. The third-order valence-electron chi connectivity index (χ3n) is 5.28. The summed E-state index contributed by atoms with van der Waals surface area (Å²) in [5, 5.41) is 6.31. The molecule has 0 radical (unpaired) electrons. The Kier molecular flexibility index (Phi) is 7.69. The first-order valence-electron chi connectivity index (χ1n) is 10.8. The molecule has 0 aliphatic heterocycles. The van der Waals surface area contributed by atoms with Crippen molar-refractivity contribution in [2.75, 3.05) is 30.9 Å². The number of nitrogens with one attached hydrogen (secondary N) is 2. The van der Waals surface area contributed by atoms with Crippen molar-refractivity contribution in [3.05, 3.63) is 71.8 Å². The summed E-state index contributed by atoms with van der Waals surface area (Å²) in [4.78, 5) is 17.9. The van der Waals surface area contributed by atoms with E-state index in [0.717, 1.165) is 17.2 Å². The number of hydrogen-bond donors (Lipinski definition) is 2. The average molecular weight is 562 g/mol. The first-order chi connectivity index (χ1) is 18.2. The van der Waals surface area contributed by atoms with Crippen LogP contribution in [0.5, 0.6) is 11.5 Å². The van der Waals surface area contributed by atoms with Gasteiger partial charge in [-0.15, -0.1) is 0 Å². The largest absolute Gasteiger partial charge is 0.497 e. The van der Waals surface area contributed by atoms with E-state index in [0.29, 0.717) is 16.3 Å². The number of carbonyl (C=O) groups is 1. The monoisotopic (exact) mass is 561 g/mol. The van der Waals surface area contributed by atoms with E-state index < -0.39 is 21.9 Å². The van der Waals surface area contributed by atoms with Gasteiger partial charge >= 0.3 is 6.03 Å². The minimum Gasteiger partial charge on any atom is -0.497 e. The van der Waals surface area contributed by atoms with Crippen molar-refractivity contribution in [3.8, 4) is 22.6 Å². The van der Waals surface area contributed by atoms with Crippen molar-refractivity contribution >= 4 is 45.0 Å². The molecule has 0 aliphatic carbocycles. The zero-order valence-electron chi connectivity index (χ0n) is 20.2. The third kappa shape index (κ3) is 5.48. The number of amides is 2. The number of hydrogen-bond acceptors (Lipinski definition) is 8. The Bertz CT molecular complexity index is 1570. The fourth-order valence-corrected chi connectivity index (χ4v) is 4.67. The second-order valence-corrected chi connectivity index (χ2v) is 9.74. The van der Waals surface area contributed by atoms with Gasteiger partial charge in [-0.05, 0) is 42.0 Å². The molecule has 0 spiro atoms. The number of rotatable bonds is 8. The minimum absolute atomic E-state index is 0.000360. The topological polar surface area (TPSA) is 136 Å². The maximum Gasteiger partial charge on any atom is 0.327 e. The quantitative estimate of drug-likeness (QED) is 0.312. The molecule has 4 aromatic rings. The van der Waals surface area contributed by atoms with E-state index >= 15 is 4.39 Å². The lowest BCUT2D eigenvalue weighted by Gasteiger charge is -2.24. The number of methoxy groups -OCH3 is 2. The first-order valence-corrected chi connectivity index (χ1v) is 12.7. The summed E-state index contributed by atoms with van der Waals surface area (Å²) >= 11 is 6.15. The van der Waals surface area contributed by atoms with E-state index in [2.05, 4.69) is 24.7 Å². The smallest absolute Gasteiger partial charge is 0.327 e. The Balaban J connectivity index is 1.75. The number of pyridine rings is 1. The molecule has 14 heteroatoms. The number of carbonyl (C=O) groups excluding carboxylic acids is 1. The molecule has 0 saturated heterocycles. The van der Waals surface area contributed by atoms with Crippen LogP contribution in [0.25, 0.3) is 11.1 Å². The van der Waals surface area contributed by atoms with Gasteiger partial charge in [0.15, 0.2) is 5.82 Å². The van der Waals surface area contributed by atoms with Crippen LogP contribution in [0.3, 0.4) is 0 Å². The molecule has 2 heterocycles. The number of benzene rings is 2. The van der Waals surface area contributed by atoms with Gasteiger partial charge in [0.05, 0.1) is 19.9 Å². The molecule has 0 saturated carbocycles. The minimum atomic E-state index is -4.04. The van der Waals surface area contributed by atoms with Crippen LogP contribution in [0.4, 0.5) is 26.5 Å². The van der Waals surface area contributed by atoms with Gasteiger partial charge in [-0.1, -0.05) is 16.8 Å². The standard InChI is InChI=1S/C24H21ClFN5O6S/c1-27-24(32)31(23-5-4-17(13-28-23)38(33,34)30-22-6-7-37-29-22)20-12-19(26)18(11-21(20)36-3)14-8-15(25)10-16(9-14)35-2/h4-13H,1-3H3,(H,27,32)(H,29,30). The number of ether oxygens (including phenoxy) is 2. The molecule has 11 nitrogen and oxygen atoms in total. The molecule has 2 aromatic heterocycles. The molecule has 38 heavy (non-hydrogen) atoms. The van der Waals surface area contributed by atoms with Crippen molar-refractivity contribution < 1.29 is 31.6 Å². The summed E-state index contributed by atoms with van der Waals surface area (Å²) in [5.74, 6) is -0.136. The maximum absolute atomic E-state index is 15.4. The third-order valence-corrected chi connectivity index (χ3v) is 6.84. The maximum atomic E-state index is 15.4. The highest BCUT2D eigenvalue weighted by Crippen LogP contribution is 2.40. The second-order valence-electron chi connectivity index (χ2n) is 7.62. The molecular weight excluding hydrogens is 541 g/mol. The second kappa shape index (κ2) is 10.9. The SMILES string of the molecule is CNC(=O)N(c1ccc(S(=O)(=O)Nc2ccon2)cn1)c1cc(F)c(-c2cc(Cl)cc(OC)c2)cc1OC. The Morgan fingerprint density at radius 1 is 1.11 bits per heavy atom. The lowest BCUT2D eigenvalue weighted by atomic mass is 10.0. The number of urea groups is 1. The molecule has 2 N–H and O–H groups in total. The zero-order valence-corrected chi connectivity index (χ0v) is 21.8. The van der Waals surface area contributed by atoms with Gasteiger partial charge < -0.3 is 19.3 Å². The van der Waals surface area contributed by atoms with Crippen LogP contribution in [0, 0.1) is 5.82 Å². The predicted octanol–water partition coefficient (Wildman–Crippen LogP) is 4.82. The summed E-state index contributed by atoms with van der Waals surface area (Å²) in [6.45, 7) is 0. The van der Waals surface area contributed by atoms with Crippen LogP contribution in [0.2, 0.25) is 5.02 Å². The van der Waals surface area contributed by atoms with Crippen LogP contribution in [-0.4, -0.2) is 45.9 Å². The Labute approximate surface area is 222 Å². The fraction of sp³-hybridized carbons (Fsp3) is 0.125. The first kappa shape index (κ1) is 26.7. The predicted molar refractivity (Wildman–Crippen MR) is 138 cm³/mol. The molecule has 2 amide bonds. The van der Waals surface area contributed by atoms with E-state index in [-0.39, 0.29) is 33.5 Å². The van der Waals surface area contributed by atoms with E-state index in [1.165, 1.54) is 51.8 Å². The van der Waals surface area contributed by atoms with E-state index in [9.17, 15) is 13.2 Å². The van der Waals surface area contributed by atoms with Crippen molar-refractivity contribution in [1.82, 2.24) is 15.5 Å². The summed E-state index contributed by atoms with van der Waals surface area (Å²) in [7, 11) is 0.163. The number of sulfonamides is 1. The lowest BCUT2D eigenvalue weighted by molar-refractivity contribution is 0.250. The van der Waals surface area contributed by atoms with Crippen molar-refractivity contribution in [2.45, 2.75) is 4.90 Å². The van der Waals surface area contributed by atoms with Crippen LogP contribution >= 0.6 is 11.6 Å². The molecule has 0 bridgehead atoms. The highest BCUT2D eigenvalue weighted by Gasteiger charge is 2.26. The molecule has 198 valence electrons. The molecule has 4 rings (SSSR count). The van der Waals surface area contributed by atoms with Crippen LogP contribution in [-0.2, 0) is 10.0 Å². The van der Waals surface area contributed by atoms with E-state index in [1.807, 2.05) is 0 Å². The summed E-state index contributed by atoms with van der Waals surface area (Å²) in [6.07, 6.45) is 2.25. The Morgan fingerprint density at radius 2 is 1.89 bits per heavy atom. The van der Waals surface area contributed by atoms with Crippen molar-refractivity contribution in [2.24, 2.45) is 0 Å². The highest BCUT2D eigenvalue weighted by molar-refractivity contribution is 7.92. The normalized spacial score (nSPS) is 11.1. The molecule has 0 unspecified atom stereocenters. The average Bonchev–Trinajstić information content (AvgIpc) is 3.41. The number of halogens is 2. The van der Waals surface area contributed by atoms with Crippen molar-refractivity contribution in [1.29, 1.82) is 0 Å². The highest BCUT2D eigenvalue weighted by atomic mass is 35.5. The van der Waals surface area contributed by atoms with E-state index in [1.54, 1.807) is 18.2 Å². The summed E-state index contributed by atoms with van der Waals surface area (Å²) in [5.41, 5.74) is 0.595. The van der Waals surface area contributed by atoms with Crippen LogP contribution < -0.4 is 24.4 Å². The summed E-state index contributed by atoms with van der Waals surface area (Å²) in [6, 6.07) is 10.4. The zero-order chi connectivity index (χ0) is 27.4. The van der Waals surface area contributed by atoms with Gasteiger partial charge in [0.1, 0.15) is 34.3 Å². The number of aromatic nitrogens is 2. The van der Waals surface area contributed by atoms with Gasteiger partial charge in [0, 0.05) is 36.0 Å². The molecule has 2 aromatic carbocycles. The van der Waals surface area contributed by atoms with Crippen LogP contribution in [0.1, 0.15) is 0 Å². The van der Waals surface area contributed by atoms with Gasteiger partial charge in [-0.3, -0.25) is 4.72 Å². The van der Waals surface area contributed by atoms with Gasteiger partial charge in [0.2, 0.25) is 0 Å². The Hall–Kier alpha value is -4.36. The Morgan fingerprint density at radius 3 is 2.50 bits per heavy atom. The van der Waals surface area contributed by atoms with Gasteiger partial charge in [-0.25, -0.2) is 27.5 Å². The fourth-order valence-electron chi connectivity index (χ4n) is 3.51. The van der Waals surface area contributed by atoms with E-state index in [4.69, 9.17) is 21.1 Å². The summed E-state index contributed by atoms with van der Waals surface area (Å²) < 4.78 is 58.2. The molecule has 0 fully saturated rings. The lowest BCUT2D eigenvalue weighted by Crippen LogP contribution is -2.35. The molecule has 0 atom stereocenters. The van der Waals surface area contributed by atoms with Gasteiger partial charge in [0.25, 0.3) is 10.0 Å².